The van der Waals surface area contributed by atoms with Gasteiger partial charge in [-0.1, -0.05) is 53.2 Å². The molecule has 0 aliphatic heterocycles. The topological polar surface area (TPSA) is 97.1 Å². The van der Waals surface area contributed by atoms with Crippen molar-refractivity contribution in [3.8, 4) is 11.1 Å². The minimum absolute atomic E-state index is 0.0438. The first-order valence-electron chi connectivity index (χ1n) is 11.3. The predicted octanol–water partition coefficient (Wildman–Crippen LogP) is 4.80. The van der Waals surface area contributed by atoms with Crippen LogP contribution >= 0.6 is 23.4 Å². The molecule has 7 nitrogen and oxygen atoms in total. The summed E-state index contributed by atoms with van der Waals surface area (Å²) in [5.74, 6) is -1.06. The quantitative estimate of drug-likeness (QED) is 0.288. The summed E-state index contributed by atoms with van der Waals surface area (Å²) >= 11 is 7.60. The number of nitrogens with zero attached hydrogens (tertiary/aromatic N) is 3. The molecule has 0 saturated heterocycles. The van der Waals surface area contributed by atoms with Crippen LogP contribution in [0.25, 0.3) is 22.0 Å². The van der Waals surface area contributed by atoms with Crippen LogP contribution in [-0.2, 0) is 11.3 Å². The number of rotatable bonds is 6. The summed E-state index contributed by atoms with van der Waals surface area (Å²) < 4.78 is 1.33. The highest BCUT2D eigenvalue weighted by atomic mass is 35.5. The molecular formula is C26H23ClN4O3S. The Balaban J connectivity index is 1.34. The van der Waals surface area contributed by atoms with Crippen molar-refractivity contribution in [2.24, 2.45) is 11.8 Å². The van der Waals surface area contributed by atoms with E-state index in [-0.39, 0.29) is 23.3 Å². The van der Waals surface area contributed by atoms with E-state index in [0.717, 1.165) is 28.9 Å². The van der Waals surface area contributed by atoms with E-state index in [1.165, 1.54) is 4.68 Å². The Morgan fingerprint density at radius 3 is 2.43 bits per heavy atom. The lowest BCUT2D eigenvalue weighted by atomic mass is 9.95. The van der Waals surface area contributed by atoms with Gasteiger partial charge in [0.25, 0.3) is 5.56 Å². The second-order valence-electron chi connectivity index (χ2n) is 8.62. The molecule has 4 aromatic rings. The summed E-state index contributed by atoms with van der Waals surface area (Å²) in [6, 6.07) is 22.9. The number of aromatic nitrogens is 3. The number of thioether (sulfide) groups is 1. The predicted molar refractivity (Wildman–Crippen MR) is 136 cm³/mol. The van der Waals surface area contributed by atoms with E-state index < -0.39 is 11.8 Å². The average Bonchev–Trinajstić information content (AvgIpc) is 3.28. The fourth-order valence-corrected chi connectivity index (χ4v) is 6.26. The molecule has 1 aromatic heterocycles. The third kappa shape index (κ3) is 4.96. The Morgan fingerprint density at radius 1 is 1.03 bits per heavy atom. The third-order valence-electron chi connectivity index (χ3n) is 6.50. The summed E-state index contributed by atoms with van der Waals surface area (Å²) in [5.41, 5.74) is 4.30. The monoisotopic (exact) mass is 506 g/mol. The summed E-state index contributed by atoms with van der Waals surface area (Å²) in [6.07, 6.45) is 1.52. The highest BCUT2D eigenvalue weighted by Crippen LogP contribution is 2.43. The molecule has 9 heteroatoms. The van der Waals surface area contributed by atoms with Gasteiger partial charge in [-0.3, -0.25) is 14.8 Å². The molecule has 1 heterocycles. The van der Waals surface area contributed by atoms with Crippen LogP contribution in [0.5, 0.6) is 0 Å². The van der Waals surface area contributed by atoms with E-state index >= 15 is 0 Å². The van der Waals surface area contributed by atoms with Crippen LogP contribution in [0.1, 0.15) is 12.8 Å². The molecule has 1 aliphatic carbocycles. The van der Waals surface area contributed by atoms with Gasteiger partial charge in [-0.15, -0.1) is 16.9 Å². The normalized spacial score (nSPS) is 19.7. The Morgan fingerprint density at radius 2 is 1.71 bits per heavy atom. The molecule has 0 radical (unpaired) electrons. The Bertz CT molecular complexity index is 1410. The number of carbonyl (C=O) groups excluding carboxylic acids is 1. The largest absolute Gasteiger partial charge is 0.289 e. The molecule has 1 amide bonds. The van der Waals surface area contributed by atoms with Crippen LogP contribution in [0.2, 0.25) is 5.02 Å². The van der Waals surface area contributed by atoms with Crippen LogP contribution in [0.4, 0.5) is 0 Å². The smallest absolute Gasteiger partial charge is 0.277 e. The molecule has 0 bridgehead atoms. The van der Waals surface area contributed by atoms with Gasteiger partial charge in [-0.25, -0.2) is 10.2 Å². The van der Waals surface area contributed by atoms with Gasteiger partial charge in [0.2, 0.25) is 5.91 Å². The van der Waals surface area contributed by atoms with E-state index in [1.54, 1.807) is 30.0 Å². The van der Waals surface area contributed by atoms with Gasteiger partial charge < -0.3 is 0 Å². The first-order chi connectivity index (χ1) is 17.0. The van der Waals surface area contributed by atoms with Gasteiger partial charge >= 0.3 is 0 Å². The first-order valence-corrected chi connectivity index (χ1v) is 12.6. The molecule has 178 valence electrons. The van der Waals surface area contributed by atoms with Crippen LogP contribution in [-0.4, -0.2) is 31.4 Å². The Hall–Kier alpha value is -3.20. The lowest BCUT2D eigenvalue weighted by Crippen LogP contribution is -2.38. The Kier molecular flexibility index (Phi) is 6.86. The number of carbonyl (C=O) groups is 1. The lowest BCUT2D eigenvalue weighted by Gasteiger charge is -2.23. The number of benzene rings is 3. The van der Waals surface area contributed by atoms with Crippen molar-refractivity contribution in [2.45, 2.75) is 29.5 Å². The van der Waals surface area contributed by atoms with Gasteiger partial charge in [-0.05, 0) is 66.3 Å². The van der Waals surface area contributed by atoms with E-state index in [0.29, 0.717) is 15.9 Å². The first kappa shape index (κ1) is 23.5. The van der Waals surface area contributed by atoms with Crippen molar-refractivity contribution in [3.63, 3.8) is 0 Å². The van der Waals surface area contributed by atoms with Crippen LogP contribution in [0.3, 0.4) is 0 Å². The number of amides is 1. The van der Waals surface area contributed by atoms with Crippen LogP contribution < -0.4 is 11.0 Å². The van der Waals surface area contributed by atoms with Crippen molar-refractivity contribution >= 4 is 40.2 Å². The maximum absolute atomic E-state index is 12.9. The Labute approximate surface area is 211 Å². The molecule has 0 unspecified atom stereocenters. The number of hydrogen-bond donors (Lipinski definition) is 2. The highest BCUT2D eigenvalue weighted by molar-refractivity contribution is 8.00. The van der Waals surface area contributed by atoms with Crippen LogP contribution in [0.15, 0.2) is 82.5 Å². The molecule has 3 aromatic carbocycles. The zero-order chi connectivity index (χ0) is 24.4. The van der Waals surface area contributed by atoms with Crippen molar-refractivity contribution in [1.29, 1.82) is 0 Å². The fourth-order valence-electron chi connectivity index (χ4n) is 4.74. The average molecular weight is 507 g/mol. The number of nitrogens with one attached hydrogen (secondary N) is 1. The van der Waals surface area contributed by atoms with Crippen molar-refractivity contribution in [1.82, 2.24) is 20.5 Å². The fraction of sp³-hybridized carbons (Fsp3) is 0.231. The molecule has 2 N–H and O–H groups in total. The molecule has 1 fully saturated rings. The molecule has 1 saturated carbocycles. The minimum Gasteiger partial charge on any atom is -0.289 e. The summed E-state index contributed by atoms with van der Waals surface area (Å²) in [4.78, 5) is 26.6. The van der Waals surface area contributed by atoms with Crippen molar-refractivity contribution in [2.75, 3.05) is 0 Å². The molecule has 3 atom stereocenters. The minimum atomic E-state index is -0.471. The number of hydrogen-bond acceptors (Lipinski definition) is 6. The zero-order valence-corrected chi connectivity index (χ0v) is 20.2. The molecule has 5 rings (SSSR count). The highest BCUT2D eigenvalue weighted by Gasteiger charge is 2.42. The third-order valence-corrected chi connectivity index (χ3v) is 8.13. The number of fused-ring (bicyclic) bond motifs is 1. The summed E-state index contributed by atoms with van der Waals surface area (Å²) in [6.45, 7) is 0.265. The summed E-state index contributed by atoms with van der Waals surface area (Å²) in [5, 5.41) is 18.8. The molecule has 35 heavy (non-hydrogen) atoms. The lowest BCUT2D eigenvalue weighted by molar-refractivity contribution is -0.134. The standard InChI is InChI=1S/C26H23ClN4O3S/c27-19-10-5-16(6-11-19)17-7-12-20(13-8-17)35-23-14-9-18(24(23)25(32)29-34)15-31-26(33)21-3-1-2-4-22(21)28-30-31/h1-8,10-13,18,23-24,34H,9,14-15H2,(H,29,32)/t18-,23-,24-/m1/s1. The maximum Gasteiger partial charge on any atom is 0.277 e. The van der Waals surface area contributed by atoms with Crippen LogP contribution in [0, 0.1) is 11.8 Å². The number of hydroxylamine groups is 1. The zero-order valence-electron chi connectivity index (χ0n) is 18.7. The van der Waals surface area contributed by atoms with Crippen molar-refractivity contribution in [3.05, 3.63) is 88.2 Å². The second kappa shape index (κ2) is 10.2. The number of halogens is 1. The van der Waals surface area contributed by atoms with Gasteiger partial charge in [0.1, 0.15) is 5.52 Å². The SMILES string of the molecule is O=C(NO)[C@@H]1[C@@H](Cn2nnc3ccccc3c2=O)CC[C@H]1Sc1ccc(-c2ccc(Cl)cc2)cc1. The van der Waals surface area contributed by atoms with E-state index in [1.807, 2.05) is 60.1 Å². The van der Waals surface area contributed by atoms with Gasteiger partial charge in [-0.2, -0.15) is 0 Å². The van der Waals surface area contributed by atoms with Gasteiger partial charge in [0, 0.05) is 15.2 Å². The van der Waals surface area contributed by atoms with Gasteiger partial charge in [0.05, 0.1) is 17.8 Å². The van der Waals surface area contributed by atoms with Gasteiger partial charge in [0.15, 0.2) is 0 Å². The summed E-state index contributed by atoms with van der Waals surface area (Å²) in [7, 11) is 0. The van der Waals surface area contributed by atoms with E-state index in [4.69, 9.17) is 11.6 Å². The second-order valence-corrected chi connectivity index (χ2v) is 10.4. The maximum atomic E-state index is 12.9. The molecular weight excluding hydrogens is 484 g/mol. The molecule has 1 aliphatic rings. The van der Waals surface area contributed by atoms with E-state index in [2.05, 4.69) is 10.3 Å². The molecule has 0 spiro atoms. The van der Waals surface area contributed by atoms with E-state index in [9.17, 15) is 14.8 Å². The van der Waals surface area contributed by atoms with Crippen molar-refractivity contribution < 1.29 is 10.0 Å².